The minimum absolute atomic E-state index is 0.124. The smallest absolute Gasteiger partial charge is 0.227 e. The fourth-order valence-electron chi connectivity index (χ4n) is 2.87. The summed E-state index contributed by atoms with van der Waals surface area (Å²) in [7, 11) is 0. The number of hydrogen-bond acceptors (Lipinski definition) is 6. The maximum atomic E-state index is 12.8. The molecule has 3 aromatic rings. The summed E-state index contributed by atoms with van der Waals surface area (Å²) in [5.41, 5.74) is 1.50. The second-order valence-electron chi connectivity index (χ2n) is 6.40. The highest BCUT2D eigenvalue weighted by Gasteiger charge is 2.18. The lowest BCUT2D eigenvalue weighted by molar-refractivity contribution is -0.118. The van der Waals surface area contributed by atoms with Gasteiger partial charge in [-0.1, -0.05) is 16.8 Å². The van der Waals surface area contributed by atoms with E-state index in [9.17, 15) is 4.79 Å². The number of carbonyl (C=O) groups excluding carboxylic acids is 1. The minimum Gasteiger partial charge on any atom is -0.494 e. The lowest BCUT2D eigenvalue weighted by Crippen LogP contribution is -2.32. The van der Waals surface area contributed by atoms with E-state index < -0.39 is 0 Å². The number of rotatable bonds is 9. The van der Waals surface area contributed by atoms with Crippen molar-refractivity contribution in [1.82, 2.24) is 10.1 Å². The van der Waals surface area contributed by atoms with Gasteiger partial charge in [0.05, 0.1) is 19.1 Å². The minimum atomic E-state index is -0.124. The van der Waals surface area contributed by atoms with Crippen LogP contribution in [-0.4, -0.2) is 29.2 Å². The number of benzene rings is 2. The Morgan fingerprint density at radius 3 is 2.60 bits per heavy atom. The van der Waals surface area contributed by atoms with Crippen LogP contribution in [0.15, 0.2) is 53.1 Å². The molecule has 0 aliphatic carbocycles. The van der Waals surface area contributed by atoms with Gasteiger partial charge in [-0.05, 0) is 55.5 Å². The molecule has 1 heterocycles. The van der Waals surface area contributed by atoms with Crippen molar-refractivity contribution in [2.75, 3.05) is 18.1 Å². The fourth-order valence-corrected chi connectivity index (χ4v) is 3.00. The first-order chi connectivity index (χ1) is 14.6. The largest absolute Gasteiger partial charge is 0.494 e. The molecule has 0 bridgehead atoms. The molecule has 1 aromatic heterocycles. The van der Waals surface area contributed by atoms with Crippen LogP contribution < -0.4 is 9.64 Å². The molecule has 0 unspecified atom stereocenters. The average Bonchev–Trinajstić information content (AvgIpc) is 3.23. The summed E-state index contributed by atoms with van der Waals surface area (Å²) >= 11 is 5.90. The highest BCUT2D eigenvalue weighted by atomic mass is 35.5. The second kappa shape index (κ2) is 10.4. The molecule has 0 aliphatic heterocycles. The molecule has 1 amide bonds. The van der Waals surface area contributed by atoms with E-state index in [2.05, 4.69) is 16.2 Å². The number of aryl methyl sites for hydroxylation is 1. The Labute approximate surface area is 179 Å². The number of nitriles is 1. The van der Waals surface area contributed by atoms with Crippen LogP contribution >= 0.6 is 11.6 Å². The van der Waals surface area contributed by atoms with E-state index in [4.69, 9.17) is 26.1 Å². The summed E-state index contributed by atoms with van der Waals surface area (Å²) in [4.78, 5) is 18.8. The summed E-state index contributed by atoms with van der Waals surface area (Å²) in [6, 6.07) is 16.4. The molecule has 154 valence electrons. The predicted molar refractivity (Wildman–Crippen MR) is 113 cm³/mol. The number of aromatic nitrogens is 2. The van der Waals surface area contributed by atoms with E-state index in [1.165, 1.54) is 0 Å². The van der Waals surface area contributed by atoms with Crippen LogP contribution in [0.2, 0.25) is 5.02 Å². The van der Waals surface area contributed by atoms with Gasteiger partial charge in [0.1, 0.15) is 5.75 Å². The van der Waals surface area contributed by atoms with E-state index in [0.29, 0.717) is 42.0 Å². The monoisotopic (exact) mass is 424 g/mol. The van der Waals surface area contributed by atoms with Crippen LogP contribution in [0.4, 0.5) is 5.69 Å². The van der Waals surface area contributed by atoms with Gasteiger partial charge >= 0.3 is 0 Å². The number of hydrogen-bond donors (Lipinski definition) is 0. The van der Waals surface area contributed by atoms with Crippen molar-refractivity contribution in [3.63, 3.8) is 0 Å². The maximum Gasteiger partial charge on any atom is 0.227 e. The molecule has 0 saturated carbocycles. The molecule has 0 radical (unpaired) electrons. The number of amides is 1. The standard InChI is InChI=1S/C22H21ClN4O3/c1-2-29-19-10-8-18(9-11-19)27(15-3-14-24)21(28)13-12-20-25-22(26-30-20)16-4-6-17(23)7-5-16/h4-11H,2-3,12-13,15H2,1H3. The number of nitrogens with zero attached hydrogens (tertiary/aromatic N) is 4. The van der Waals surface area contributed by atoms with Crippen molar-refractivity contribution in [2.45, 2.75) is 26.2 Å². The first-order valence-corrected chi connectivity index (χ1v) is 9.97. The maximum absolute atomic E-state index is 12.8. The SMILES string of the molecule is CCOc1ccc(N(CCC#N)C(=O)CCc2nc(-c3ccc(Cl)cc3)no2)cc1. The Kier molecular flexibility index (Phi) is 7.41. The Morgan fingerprint density at radius 2 is 1.93 bits per heavy atom. The van der Waals surface area contributed by atoms with Crippen molar-refractivity contribution in [2.24, 2.45) is 0 Å². The van der Waals surface area contributed by atoms with Gasteiger partial charge in [-0.3, -0.25) is 4.79 Å². The molecule has 3 rings (SSSR count). The third-order valence-corrected chi connectivity index (χ3v) is 4.58. The first-order valence-electron chi connectivity index (χ1n) is 9.59. The van der Waals surface area contributed by atoms with Gasteiger partial charge in [-0.25, -0.2) is 0 Å². The molecule has 0 saturated heterocycles. The van der Waals surface area contributed by atoms with Gasteiger partial charge < -0.3 is 14.2 Å². The van der Waals surface area contributed by atoms with Gasteiger partial charge in [-0.15, -0.1) is 0 Å². The quantitative estimate of drug-likeness (QED) is 0.495. The molecule has 0 aliphatic rings. The van der Waals surface area contributed by atoms with E-state index >= 15 is 0 Å². The van der Waals surface area contributed by atoms with Crippen LogP contribution in [0.25, 0.3) is 11.4 Å². The highest BCUT2D eigenvalue weighted by Crippen LogP contribution is 2.22. The summed E-state index contributed by atoms with van der Waals surface area (Å²) in [6.45, 7) is 2.79. The van der Waals surface area contributed by atoms with Crippen molar-refractivity contribution < 1.29 is 14.1 Å². The van der Waals surface area contributed by atoms with Gasteiger partial charge in [0.15, 0.2) is 0 Å². The predicted octanol–water partition coefficient (Wildman–Crippen LogP) is 4.67. The lowest BCUT2D eigenvalue weighted by atomic mass is 10.2. The molecular weight excluding hydrogens is 404 g/mol. The van der Waals surface area contributed by atoms with E-state index in [-0.39, 0.29) is 18.7 Å². The van der Waals surface area contributed by atoms with Gasteiger partial charge in [-0.2, -0.15) is 10.2 Å². The summed E-state index contributed by atoms with van der Waals surface area (Å²) in [6.07, 6.45) is 0.723. The Balaban J connectivity index is 1.65. The molecular formula is C22H21ClN4O3. The normalized spacial score (nSPS) is 10.4. The van der Waals surface area contributed by atoms with Gasteiger partial charge in [0.2, 0.25) is 17.6 Å². The van der Waals surface area contributed by atoms with Crippen molar-refractivity contribution in [1.29, 1.82) is 5.26 Å². The molecule has 0 spiro atoms. The third kappa shape index (κ3) is 5.58. The number of ether oxygens (including phenoxy) is 1. The van der Waals surface area contributed by atoms with Crippen molar-refractivity contribution >= 4 is 23.2 Å². The van der Waals surface area contributed by atoms with E-state index in [1.807, 2.05) is 31.2 Å². The Morgan fingerprint density at radius 1 is 1.20 bits per heavy atom. The zero-order valence-electron chi connectivity index (χ0n) is 16.5. The summed E-state index contributed by atoms with van der Waals surface area (Å²) < 4.78 is 10.7. The average molecular weight is 425 g/mol. The summed E-state index contributed by atoms with van der Waals surface area (Å²) in [5, 5.41) is 13.5. The Hall–Kier alpha value is -3.37. The first kappa shape index (κ1) is 21.3. The molecule has 0 fully saturated rings. The van der Waals surface area contributed by atoms with Crippen LogP contribution in [0.5, 0.6) is 5.75 Å². The van der Waals surface area contributed by atoms with Crippen LogP contribution in [0.3, 0.4) is 0 Å². The molecule has 0 atom stereocenters. The van der Waals surface area contributed by atoms with Gasteiger partial charge in [0.25, 0.3) is 0 Å². The fraction of sp³-hybridized carbons (Fsp3) is 0.273. The number of halogens is 1. The molecule has 0 N–H and O–H groups in total. The number of carbonyl (C=O) groups is 1. The summed E-state index contributed by atoms with van der Waals surface area (Å²) in [5.74, 6) is 1.43. The third-order valence-electron chi connectivity index (χ3n) is 4.33. The van der Waals surface area contributed by atoms with Crippen LogP contribution in [0.1, 0.15) is 25.7 Å². The highest BCUT2D eigenvalue weighted by molar-refractivity contribution is 6.30. The topological polar surface area (TPSA) is 92.2 Å². The zero-order valence-corrected chi connectivity index (χ0v) is 17.3. The zero-order chi connectivity index (χ0) is 21.3. The molecule has 7 nitrogen and oxygen atoms in total. The lowest BCUT2D eigenvalue weighted by Gasteiger charge is -2.22. The van der Waals surface area contributed by atoms with Crippen LogP contribution in [0, 0.1) is 11.3 Å². The van der Waals surface area contributed by atoms with Crippen molar-refractivity contribution in [3.05, 3.63) is 59.4 Å². The van der Waals surface area contributed by atoms with Crippen molar-refractivity contribution in [3.8, 4) is 23.2 Å². The van der Waals surface area contributed by atoms with Crippen LogP contribution in [-0.2, 0) is 11.2 Å². The van der Waals surface area contributed by atoms with Gasteiger partial charge in [0, 0.05) is 35.7 Å². The second-order valence-corrected chi connectivity index (χ2v) is 6.84. The Bertz CT molecular complexity index is 1010. The van der Waals surface area contributed by atoms with E-state index in [0.717, 1.165) is 11.3 Å². The molecule has 8 heteroatoms. The number of anilines is 1. The van der Waals surface area contributed by atoms with E-state index in [1.54, 1.807) is 29.2 Å². The molecule has 2 aromatic carbocycles. The molecule has 30 heavy (non-hydrogen) atoms.